The summed E-state index contributed by atoms with van der Waals surface area (Å²) in [4.78, 5) is 11.7. The van der Waals surface area contributed by atoms with Gasteiger partial charge in [0, 0.05) is 24.6 Å². The van der Waals surface area contributed by atoms with Crippen molar-refractivity contribution in [2.45, 2.75) is 18.2 Å². The number of benzene rings is 1. The zero-order valence-electron chi connectivity index (χ0n) is 15.9. The Morgan fingerprint density at radius 3 is 2.76 bits per heavy atom. The zero-order chi connectivity index (χ0) is 20.9. The molecule has 0 amide bonds. The van der Waals surface area contributed by atoms with E-state index in [2.05, 4.69) is 9.88 Å². The summed E-state index contributed by atoms with van der Waals surface area (Å²) < 4.78 is 48.5. The average molecular weight is 420 g/mol. The molecule has 0 saturated heterocycles. The van der Waals surface area contributed by atoms with Crippen molar-refractivity contribution >= 4 is 16.0 Å². The molecule has 0 bridgehead atoms. The van der Waals surface area contributed by atoms with Crippen molar-refractivity contribution < 1.29 is 31.6 Å². The minimum Gasteiger partial charge on any atom is -0.495 e. The predicted molar refractivity (Wildman–Crippen MR) is 102 cm³/mol. The predicted octanol–water partition coefficient (Wildman–Crippen LogP) is 2.64. The first-order chi connectivity index (χ1) is 13.9. The molecule has 10 heteroatoms. The molecule has 0 unspecified atom stereocenters. The molecule has 0 aliphatic rings. The molecule has 2 heterocycles. The van der Waals surface area contributed by atoms with E-state index in [0.717, 1.165) is 0 Å². The zero-order valence-corrected chi connectivity index (χ0v) is 16.7. The number of esters is 1. The van der Waals surface area contributed by atoms with E-state index >= 15 is 0 Å². The fraction of sp³-hybridized carbons (Fsp3) is 0.263. The highest BCUT2D eigenvalue weighted by atomic mass is 32.2. The van der Waals surface area contributed by atoms with Crippen LogP contribution in [0.1, 0.15) is 23.2 Å². The fourth-order valence-electron chi connectivity index (χ4n) is 2.59. The van der Waals surface area contributed by atoms with Gasteiger partial charge in [0.2, 0.25) is 10.0 Å². The van der Waals surface area contributed by atoms with E-state index < -0.39 is 16.0 Å². The smallest absolute Gasteiger partial charge is 0.360 e. The van der Waals surface area contributed by atoms with Crippen LogP contribution in [0.3, 0.4) is 0 Å². The van der Waals surface area contributed by atoms with Gasteiger partial charge in [-0.3, -0.25) is 0 Å². The van der Waals surface area contributed by atoms with Crippen LogP contribution < -0.4 is 9.46 Å². The van der Waals surface area contributed by atoms with Crippen LogP contribution >= 0.6 is 0 Å². The maximum Gasteiger partial charge on any atom is 0.360 e. The second-order valence-electron chi connectivity index (χ2n) is 5.89. The molecular weight excluding hydrogens is 400 g/mol. The molecule has 0 aliphatic carbocycles. The molecule has 9 nitrogen and oxygen atoms in total. The second-order valence-corrected chi connectivity index (χ2v) is 7.63. The summed E-state index contributed by atoms with van der Waals surface area (Å²) in [5, 5.41) is 3.67. The van der Waals surface area contributed by atoms with Crippen LogP contribution in [-0.4, -0.2) is 39.8 Å². The van der Waals surface area contributed by atoms with Gasteiger partial charge in [-0.1, -0.05) is 5.16 Å². The van der Waals surface area contributed by atoms with Crippen LogP contribution in [-0.2, 0) is 21.2 Å². The van der Waals surface area contributed by atoms with E-state index in [0.29, 0.717) is 17.7 Å². The molecule has 3 aromatic rings. The number of nitrogens with zero attached hydrogens (tertiary/aromatic N) is 1. The van der Waals surface area contributed by atoms with E-state index in [4.69, 9.17) is 18.4 Å². The average Bonchev–Trinajstić information content (AvgIpc) is 3.40. The van der Waals surface area contributed by atoms with Crippen molar-refractivity contribution in [1.82, 2.24) is 9.88 Å². The second kappa shape index (κ2) is 8.93. The van der Waals surface area contributed by atoms with Crippen LogP contribution in [0.4, 0.5) is 0 Å². The van der Waals surface area contributed by atoms with E-state index in [-0.39, 0.29) is 35.3 Å². The maximum absolute atomic E-state index is 12.8. The molecule has 2 aromatic heterocycles. The van der Waals surface area contributed by atoms with E-state index in [9.17, 15) is 13.2 Å². The number of rotatable bonds is 9. The fourth-order valence-corrected chi connectivity index (χ4v) is 3.82. The number of furan rings is 1. The van der Waals surface area contributed by atoms with Gasteiger partial charge in [0.15, 0.2) is 11.5 Å². The molecule has 0 spiro atoms. The first kappa shape index (κ1) is 20.6. The van der Waals surface area contributed by atoms with Crippen LogP contribution in [0.2, 0.25) is 0 Å². The molecule has 0 saturated carbocycles. The third-order valence-electron chi connectivity index (χ3n) is 3.98. The van der Waals surface area contributed by atoms with Gasteiger partial charge < -0.3 is 18.4 Å². The third kappa shape index (κ3) is 4.84. The molecule has 154 valence electrons. The quantitative estimate of drug-likeness (QED) is 0.525. The normalized spacial score (nSPS) is 11.4. The maximum atomic E-state index is 12.8. The summed E-state index contributed by atoms with van der Waals surface area (Å²) in [6.45, 7) is 2.03. The Morgan fingerprint density at radius 2 is 2.07 bits per heavy atom. The van der Waals surface area contributed by atoms with Crippen LogP contribution in [0.5, 0.6) is 5.75 Å². The lowest BCUT2D eigenvalue weighted by atomic mass is 10.1. The summed E-state index contributed by atoms with van der Waals surface area (Å²) in [6.07, 6.45) is 1.93. The minimum absolute atomic E-state index is 0.00125. The number of hydrogen-bond donors (Lipinski definition) is 1. The Hall–Kier alpha value is -3.11. The largest absolute Gasteiger partial charge is 0.495 e. The van der Waals surface area contributed by atoms with Gasteiger partial charge >= 0.3 is 5.97 Å². The monoisotopic (exact) mass is 420 g/mol. The molecular formula is C19H20N2O7S. The number of nitrogens with one attached hydrogen (secondary N) is 1. The Morgan fingerprint density at radius 1 is 1.24 bits per heavy atom. The Labute approximate surface area is 167 Å². The van der Waals surface area contributed by atoms with Crippen molar-refractivity contribution in [2.75, 3.05) is 20.3 Å². The number of aromatic nitrogens is 1. The lowest BCUT2D eigenvalue weighted by molar-refractivity contribution is 0.0514. The van der Waals surface area contributed by atoms with Gasteiger partial charge in [0.05, 0.1) is 20.0 Å². The molecule has 29 heavy (non-hydrogen) atoms. The third-order valence-corrected chi connectivity index (χ3v) is 5.46. The van der Waals surface area contributed by atoms with Gasteiger partial charge in [-0.25, -0.2) is 17.9 Å². The molecule has 0 atom stereocenters. The van der Waals surface area contributed by atoms with Crippen molar-refractivity contribution in [3.05, 3.63) is 54.1 Å². The first-order valence-corrected chi connectivity index (χ1v) is 10.3. The van der Waals surface area contributed by atoms with Gasteiger partial charge in [-0.05, 0) is 37.3 Å². The molecule has 0 fully saturated rings. The molecule has 0 radical (unpaired) electrons. The van der Waals surface area contributed by atoms with Crippen LogP contribution in [0.15, 0.2) is 56.5 Å². The summed E-state index contributed by atoms with van der Waals surface area (Å²) in [5.41, 5.74) is 0.416. The lowest BCUT2D eigenvalue weighted by Gasteiger charge is -2.11. The highest BCUT2D eigenvalue weighted by molar-refractivity contribution is 7.89. The summed E-state index contributed by atoms with van der Waals surface area (Å²) in [6, 6.07) is 9.39. The molecule has 1 aromatic carbocycles. The molecule has 3 rings (SSSR count). The van der Waals surface area contributed by atoms with E-state index in [1.54, 1.807) is 25.1 Å². The number of sulfonamides is 1. The lowest BCUT2D eigenvalue weighted by Crippen LogP contribution is -2.26. The summed E-state index contributed by atoms with van der Waals surface area (Å²) in [5.74, 6) is 0.442. The molecule has 1 N–H and O–H groups in total. The van der Waals surface area contributed by atoms with Gasteiger partial charge in [-0.2, -0.15) is 0 Å². The Bertz CT molecular complexity index is 1070. The van der Waals surface area contributed by atoms with Gasteiger partial charge in [-0.15, -0.1) is 0 Å². The van der Waals surface area contributed by atoms with Crippen molar-refractivity contribution in [3.63, 3.8) is 0 Å². The van der Waals surface area contributed by atoms with Crippen molar-refractivity contribution in [2.24, 2.45) is 0 Å². The van der Waals surface area contributed by atoms with E-state index in [1.807, 2.05) is 0 Å². The minimum atomic E-state index is -3.88. The SMILES string of the molecule is CCOC(=O)c1cc(-c2ccc(OC)c(S(=O)(=O)NCCc3ccco3)c2)on1. The Kier molecular flexibility index (Phi) is 6.35. The number of ether oxygens (including phenoxy) is 2. The van der Waals surface area contributed by atoms with Crippen LogP contribution in [0, 0.1) is 0 Å². The summed E-state index contributed by atoms with van der Waals surface area (Å²) in [7, 11) is -2.50. The number of methoxy groups -OCH3 is 1. The van der Waals surface area contributed by atoms with Crippen molar-refractivity contribution in [3.8, 4) is 17.1 Å². The van der Waals surface area contributed by atoms with E-state index in [1.165, 1.54) is 31.6 Å². The number of carbonyl (C=O) groups is 1. The Balaban J connectivity index is 1.83. The van der Waals surface area contributed by atoms with Gasteiger partial charge in [0.1, 0.15) is 16.4 Å². The topological polar surface area (TPSA) is 121 Å². The number of hydrogen-bond acceptors (Lipinski definition) is 8. The van der Waals surface area contributed by atoms with Crippen molar-refractivity contribution in [1.29, 1.82) is 0 Å². The molecule has 0 aliphatic heterocycles. The standard InChI is InChI=1S/C19H20N2O7S/c1-3-26-19(22)15-12-17(28-21-15)13-6-7-16(25-2)18(11-13)29(23,24)20-9-8-14-5-4-10-27-14/h4-7,10-12,20H,3,8-9H2,1-2H3. The first-order valence-electron chi connectivity index (χ1n) is 8.79. The highest BCUT2D eigenvalue weighted by Gasteiger charge is 2.22. The summed E-state index contributed by atoms with van der Waals surface area (Å²) >= 11 is 0. The van der Waals surface area contributed by atoms with Crippen LogP contribution in [0.25, 0.3) is 11.3 Å². The van der Waals surface area contributed by atoms with Gasteiger partial charge in [0.25, 0.3) is 0 Å². The highest BCUT2D eigenvalue weighted by Crippen LogP contribution is 2.30. The number of carbonyl (C=O) groups excluding carboxylic acids is 1.